The van der Waals surface area contributed by atoms with E-state index in [4.69, 9.17) is 28.9 Å². The van der Waals surface area contributed by atoms with Gasteiger partial charge in [-0.25, -0.2) is 14.8 Å². The summed E-state index contributed by atoms with van der Waals surface area (Å²) in [6, 6.07) is 37.7. The van der Waals surface area contributed by atoms with Gasteiger partial charge in [0.15, 0.2) is 6.04 Å². The molecule has 0 radical (unpaired) electrons. The largest absolute Gasteiger partial charge is 0.497 e. The van der Waals surface area contributed by atoms with Crippen LogP contribution in [0.15, 0.2) is 121 Å². The number of carbonyl (C=O) groups is 2. The fourth-order valence-electron chi connectivity index (χ4n) is 8.11. The summed E-state index contributed by atoms with van der Waals surface area (Å²) >= 11 is 0. The second-order valence-electron chi connectivity index (χ2n) is 15.0. The third kappa shape index (κ3) is 7.89. The molecule has 64 heavy (non-hydrogen) atoms. The van der Waals surface area contributed by atoms with E-state index >= 15 is 0 Å². The lowest BCUT2D eigenvalue weighted by Crippen LogP contribution is -2.44. The van der Waals surface area contributed by atoms with Crippen molar-refractivity contribution in [1.29, 1.82) is 0 Å². The van der Waals surface area contributed by atoms with Crippen LogP contribution < -0.4 is 19.5 Å². The molecule has 8 bridgehead atoms. The van der Waals surface area contributed by atoms with Crippen molar-refractivity contribution < 1.29 is 33.6 Å². The predicted molar refractivity (Wildman–Crippen MR) is 251 cm³/mol. The molecule has 1 amide bonds. The van der Waals surface area contributed by atoms with E-state index in [1.54, 1.807) is 33.5 Å². The van der Waals surface area contributed by atoms with Crippen LogP contribution in [0.2, 0.25) is 0 Å². The molecular weight excluding hydrogens is 807 g/mol. The first-order valence-corrected chi connectivity index (χ1v) is 20.5. The SMILES string of the molecule is COC(=O)[C@H](CO)NC(=O)c1ccc(-c2c3nc(c(-c4cccc(OC)c4)c4ccc([nH]4)c(-c4cccc(OC)c4)c4nc(c(-c5cccc(OC)c5)c5ccc2[nH]5)C=C4)C=C3)cc1. The first-order valence-electron chi connectivity index (χ1n) is 20.5. The highest BCUT2D eigenvalue weighted by Gasteiger charge is 2.23. The van der Waals surface area contributed by atoms with Gasteiger partial charge >= 0.3 is 5.97 Å². The molecule has 0 unspecified atom stereocenters. The van der Waals surface area contributed by atoms with Crippen LogP contribution in [0.25, 0.3) is 90.9 Å². The third-order valence-corrected chi connectivity index (χ3v) is 11.2. The Balaban J connectivity index is 1.37. The van der Waals surface area contributed by atoms with Crippen molar-refractivity contribution in [3.8, 4) is 61.8 Å². The molecule has 5 heterocycles. The number of H-pyrrole nitrogens is 2. The molecule has 2 aliphatic heterocycles. The van der Waals surface area contributed by atoms with Crippen LogP contribution in [0, 0.1) is 0 Å². The van der Waals surface area contributed by atoms with Crippen LogP contribution >= 0.6 is 0 Å². The minimum absolute atomic E-state index is 0.288. The van der Waals surface area contributed by atoms with Crippen molar-refractivity contribution in [1.82, 2.24) is 25.3 Å². The summed E-state index contributed by atoms with van der Waals surface area (Å²) in [5.74, 6) is 0.827. The normalized spacial score (nSPS) is 12.1. The van der Waals surface area contributed by atoms with Gasteiger partial charge in [-0.3, -0.25) is 4.79 Å². The second kappa shape index (κ2) is 17.6. The zero-order chi connectivity index (χ0) is 44.3. The summed E-state index contributed by atoms with van der Waals surface area (Å²) in [5.41, 5.74) is 13.2. The monoisotopic (exact) mass is 849 g/mol. The average molecular weight is 850 g/mol. The van der Waals surface area contributed by atoms with E-state index in [-0.39, 0.29) is 5.56 Å². The van der Waals surface area contributed by atoms with Crippen LogP contribution in [0.5, 0.6) is 17.2 Å². The Morgan fingerprint density at radius 1 is 0.531 bits per heavy atom. The number of methoxy groups -OCH3 is 4. The van der Waals surface area contributed by atoms with Crippen molar-refractivity contribution in [2.24, 2.45) is 0 Å². The molecule has 9 rings (SSSR count). The Hall–Kier alpha value is -8.22. The number of esters is 1. The maximum absolute atomic E-state index is 13.3. The summed E-state index contributed by atoms with van der Waals surface area (Å²) in [6.07, 6.45) is 8.05. The summed E-state index contributed by atoms with van der Waals surface area (Å²) < 4.78 is 21.8. The molecule has 4 aromatic carbocycles. The van der Waals surface area contributed by atoms with E-state index in [9.17, 15) is 14.7 Å². The number of amides is 1. The third-order valence-electron chi connectivity index (χ3n) is 11.2. The highest BCUT2D eigenvalue weighted by Crippen LogP contribution is 2.40. The highest BCUT2D eigenvalue weighted by molar-refractivity contribution is 6.01. The number of nitrogens with one attached hydrogen (secondary N) is 3. The number of hydrogen-bond acceptors (Lipinski definition) is 9. The Labute approximate surface area is 368 Å². The zero-order valence-corrected chi connectivity index (χ0v) is 35.4. The maximum Gasteiger partial charge on any atom is 0.330 e. The van der Waals surface area contributed by atoms with Gasteiger partial charge in [0.05, 0.1) is 57.8 Å². The summed E-state index contributed by atoms with van der Waals surface area (Å²) in [4.78, 5) is 43.6. The Morgan fingerprint density at radius 3 is 1.25 bits per heavy atom. The quantitative estimate of drug-likeness (QED) is 0.0930. The fraction of sp³-hybridized carbons (Fsp3) is 0.115. The first kappa shape index (κ1) is 41.1. The second-order valence-corrected chi connectivity index (χ2v) is 15.0. The topological polar surface area (TPSA) is 161 Å². The standard InChI is InChI=1S/C52H43N5O7/c1-61-35-11-5-8-32(26-35)48-40-20-18-38(53-40)47(30-14-16-31(17-15-30)51(59)57-46(29-58)52(60)64-4)39-19-21-41(54-39)49(33-9-6-12-36(27-33)62-2)43-23-25-45(56-43)50(44-24-22-42(48)55-44)34-10-7-13-37(28-34)63-3/h5-28,46,53,56,58H,29H2,1-4H3,(H,57,59)/t46-/m0/s1. The smallest absolute Gasteiger partial charge is 0.330 e. The van der Waals surface area contributed by atoms with Gasteiger partial charge in [-0.15, -0.1) is 0 Å². The van der Waals surface area contributed by atoms with Gasteiger partial charge in [0.2, 0.25) is 0 Å². The van der Waals surface area contributed by atoms with Gasteiger partial charge in [0, 0.05) is 49.9 Å². The minimum Gasteiger partial charge on any atom is -0.497 e. The van der Waals surface area contributed by atoms with Gasteiger partial charge in [-0.1, -0.05) is 48.5 Å². The summed E-state index contributed by atoms with van der Waals surface area (Å²) in [7, 11) is 6.15. The highest BCUT2D eigenvalue weighted by atomic mass is 16.5. The molecule has 7 aromatic rings. The average Bonchev–Trinajstić information content (AvgIpc) is 4.19. The van der Waals surface area contributed by atoms with Crippen LogP contribution in [0.4, 0.5) is 0 Å². The first-order chi connectivity index (χ1) is 31.3. The van der Waals surface area contributed by atoms with Crippen molar-refractivity contribution in [2.45, 2.75) is 6.04 Å². The predicted octanol–water partition coefficient (Wildman–Crippen LogP) is 9.61. The lowest BCUT2D eigenvalue weighted by atomic mass is 10.0. The molecule has 4 N–H and O–H groups in total. The number of ether oxygens (including phenoxy) is 4. The van der Waals surface area contributed by atoms with Crippen LogP contribution in [0.1, 0.15) is 33.1 Å². The van der Waals surface area contributed by atoms with Gasteiger partial charge in [-0.2, -0.15) is 0 Å². The minimum atomic E-state index is -1.20. The number of rotatable bonds is 11. The molecule has 12 nitrogen and oxygen atoms in total. The molecule has 0 spiro atoms. The van der Waals surface area contributed by atoms with Crippen molar-refractivity contribution in [3.63, 3.8) is 0 Å². The molecule has 3 aromatic heterocycles. The zero-order valence-electron chi connectivity index (χ0n) is 35.4. The number of aliphatic hydroxyl groups is 1. The molecule has 0 aliphatic carbocycles. The van der Waals surface area contributed by atoms with Gasteiger partial charge < -0.3 is 39.3 Å². The molecule has 2 aliphatic rings. The number of fused-ring (bicyclic) bond motifs is 8. The van der Waals surface area contributed by atoms with E-state index in [1.807, 2.05) is 115 Å². The fourth-order valence-corrected chi connectivity index (χ4v) is 8.11. The van der Waals surface area contributed by atoms with Crippen molar-refractivity contribution in [3.05, 3.63) is 150 Å². The molecule has 0 saturated heterocycles. The van der Waals surface area contributed by atoms with Crippen molar-refractivity contribution in [2.75, 3.05) is 35.0 Å². The van der Waals surface area contributed by atoms with Gasteiger partial charge in [0.25, 0.3) is 5.91 Å². The Kier molecular flexibility index (Phi) is 11.3. The lowest BCUT2D eigenvalue weighted by molar-refractivity contribution is -0.143. The van der Waals surface area contributed by atoms with E-state index in [0.717, 1.165) is 78.0 Å². The number of aromatic amines is 2. The molecule has 12 heteroatoms. The number of aromatic nitrogens is 4. The number of nitrogens with zero attached hydrogens (tertiary/aromatic N) is 2. The summed E-state index contributed by atoms with van der Waals surface area (Å²) in [6.45, 7) is -0.606. The van der Waals surface area contributed by atoms with E-state index in [0.29, 0.717) is 28.6 Å². The van der Waals surface area contributed by atoms with Gasteiger partial charge in [0.1, 0.15) is 17.2 Å². The number of hydrogen-bond donors (Lipinski definition) is 4. The molecule has 318 valence electrons. The van der Waals surface area contributed by atoms with E-state index < -0.39 is 24.5 Å². The van der Waals surface area contributed by atoms with E-state index in [1.165, 1.54) is 7.11 Å². The summed E-state index contributed by atoms with van der Waals surface area (Å²) in [5, 5.41) is 12.3. The molecular formula is C52H43N5O7. The molecule has 1 atom stereocenters. The van der Waals surface area contributed by atoms with Crippen LogP contribution in [-0.4, -0.2) is 78.0 Å². The van der Waals surface area contributed by atoms with Gasteiger partial charge in [-0.05, 0) is 119 Å². The number of benzene rings is 4. The van der Waals surface area contributed by atoms with Crippen molar-refractivity contribution >= 4 is 58.2 Å². The maximum atomic E-state index is 13.3. The van der Waals surface area contributed by atoms with Crippen LogP contribution in [-0.2, 0) is 9.53 Å². The van der Waals surface area contributed by atoms with E-state index in [2.05, 4.69) is 33.5 Å². The number of aliphatic hydroxyl groups excluding tert-OH is 1. The Morgan fingerprint density at radius 2 is 0.906 bits per heavy atom. The molecule has 0 fully saturated rings. The lowest BCUT2D eigenvalue weighted by Gasteiger charge is -2.14. The number of carbonyl (C=O) groups excluding carboxylic acids is 2. The Bertz CT molecular complexity index is 3140. The molecule has 0 saturated carbocycles. The van der Waals surface area contributed by atoms with Crippen LogP contribution in [0.3, 0.4) is 0 Å².